The summed E-state index contributed by atoms with van der Waals surface area (Å²) in [5.41, 5.74) is 0.449. The highest BCUT2D eigenvalue weighted by atomic mass is 35.5. The van der Waals surface area contributed by atoms with Crippen molar-refractivity contribution in [1.29, 1.82) is 0 Å². The third kappa shape index (κ3) is 3.70. The molecule has 0 unspecified atom stereocenters. The number of rotatable bonds is 5. The third-order valence-electron chi connectivity index (χ3n) is 3.82. The topological polar surface area (TPSA) is 29.5 Å². The number of ether oxygens (including phenoxy) is 1. The number of halogens is 2. The van der Waals surface area contributed by atoms with Gasteiger partial charge in [0.25, 0.3) is 0 Å². The number of hydrogen-bond acceptors (Lipinski definition) is 3. The highest BCUT2D eigenvalue weighted by Crippen LogP contribution is 2.27. The first-order chi connectivity index (χ1) is 9.61. The van der Waals surface area contributed by atoms with Crippen molar-refractivity contribution in [2.24, 2.45) is 0 Å². The Kier molecular flexibility index (Phi) is 5.38. The standard InChI is InChI=1S/C15H19ClFNO2/c1-20-15(19)10-18(11-5-2-3-6-11)9-12-13(16)7-4-8-14(12)17/h4,7-8,11H,2-3,5-6,9-10H2,1H3. The Bertz CT molecular complexity index is 455. The molecule has 1 aliphatic rings. The first-order valence-electron chi connectivity index (χ1n) is 6.85. The fourth-order valence-electron chi connectivity index (χ4n) is 2.70. The molecule has 3 nitrogen and oxygen atoms in total. The van der Waals surface area contributed by atoms with E-state index in [1.807, 2.05) is 4.90 Å². The molecule has 0 radical (unpaired) electrons. The molecule has 20 heavy (non-hydrogen) atoms. The van der Waals surface area contributed by atoms with Crippen LogP contribution in [0.3, 0.4) is 0 Å². The van der Waals surface area contributed by atoms with Gasteiger partial charge in [-0.25, -0.2) is 4.39 Å². The van der Waals surface area contributed by atoms with E-state index in [9.17, 15) is 9.18 Å². The van der Waals surface area contributed by atoms with Crippen LogP contribution in [-0.4, -0.2) is 30.6 Å². The first-order valence-corrected chi connectivity index (χ1v) is 7.23. The molecule has 0 bridgehead atoms. The molecule has 0 atom stereocenters. The summed E-state index contributed by atoms with van der Waals surface area (Å²) >= 11 is 6.07. The lowest BCUT2D eigenvalue weighted by molar-refractivity contribution is -0.142. The molecule has 2 rings (SSSR count). The smallest absolute Gasteiger partial charge is 0.319 e. The number of methoxy groups -OCH3 is 1. The minimum atomic E-state index is -0.328. The van der Waals surface area contributed by atoms with Crippen LogP contribution in [0.2, 0.25) is 5.02 Å². The monoisotopic (exact) mass is 299 g/mol. The predicted octanol–water partition coefficient (Wildman–Crippen LogP) is 3.40. The van der Waals surface area contributed by atoms with Crippen molar-refractivity contribution in [2.45, 2.75) is 38.3 Å². The van der Waals surface area contributed by atoms with Gasteiger partial charge in [0, 0.05) is 23.2 Å². The maximum Gasteiger partial charge on any atom is 0.319 e. The van der Waals surface area contributed by atoms with E-state index in [0.717, 1.165) is 25.7 Å². The van der Waals surface area contributed by atoms with Crippen molar-refractivity contribution in [1.82, 2.24) is 4.90 Å². The molecule has 0 heterocycles. The second-order valence-corrected chi connectivity index (χ2v) is 5.53. The Morgan fingerprint density at radius 2 is 2.15 bits per heavy atom. The van der Waals surface area contributed by atoms with Gasteiger partial charge < -0.3 is 4.74 Å². The van der Waals surface area contributed by atoms with E-state index in [1.54, 1.807) is 12.1 Å². The van der Waals surface area contributed by atoms with Crippen LogP contribution in [0.5, 0.6) is 0 Å². The van der Waals surface area contributed by atoms with E-state index in [0.29, 0.717) is 23.2 Å². The van der Waals surface area contributed by atoms with E-state index < -0.39 is 0 Å². The Balaban J connectivity index is 2.16. The summed E-state index contributed by atoms with van der Waals surface area (Å²) in [6.07, 6.45) is 4.35. The predicted molar refractivity (Wildman–Crippen MR) is 76.1 cm³/mol. The van der Waals surface area contributed by atoms with Crippen LogP contribution in [0, 0.1) is 5.82 Å². The average Bonchev–Trinajstić information content (AvgIpc) is 2.95. The molecular weight excluding hydrogens is 281 g/mol. The highest BCUT2D eigenvalue weighted by molar-refractivity contribution is 6.31. The Hall–Kier alpha value is -1.13. The maximum atomic E-state index is 13.9. The molecule has 0 aromatic heterocycles. The number of nitrogens with zero attached hydrogens (tertiary/aromatic N) is 1. The Morgan fingerprint density at radius 1 is 1.45 bits per heavy atom. The van der Waals surface area contributed by atoms with E-state index >= 15 is 0 Å². The van der Waals surface area contributed by atoms with Gasteiger partial charge >= 0.3 is 5.97 Å². The van der Waals surface area contributed by atoms with Crippen molar-refractivity contribution in [3.05, 3.63) is 34.6 Å². The zero-order valence-electron chi connectivity index (χ0n) is 11.6. The molecule has 0 saturated heterocycles. The number of benzene rings is 1. The van der Waals surface area contributed by atoms with Crippen molar-refractivity contribution in [3.63, 3.8) is 0 Å². The highest BCUT2D eigenvalue weighted by Gasteiger charge is 2.26. The molecule has 1 aromatic carbocycles. The molecule has 1 fully saturated rings. The normalized spacial score (nSPS) is 15.8. The minimum absolute atomic E-state index is 0.172. The molecular formula is C15H19ClFNO2. The van der Waals surface area contributed by atoms with Gasteiger partial charge in [-0.1, -0.05) is 30.5 Å². The molecule has 0 spiro atoms. The van der Waals surface area contributed by atoms with Crippen molar-refractivity contribution < 1.29 is 13.9 Å². The van der Waals surface area contributed by atoms with E-state index in [-0.39, 0.29) is 18.3 Å². The molecule has 0 aliphatic heterocycles. The van der Waals surface area contributed by atoms with Gasteiger partial charge in [-0.3, -0.25) is 9.69 Å². The number of carbonyl (C=O) groups is 1. The summed E-state index contributed by atoms with van der Waals surface area (Å²) in [6, 6.07) is 4.95. The average molecular weight is 300 g/mol. The van der Waals surface area contributed by atoms with Gasteiger partial charge in [-0.15, -0.1) is 0 Å². The van der Waals surface area contributed by atoms with Gasteiger partial charge in [-0.05, 0) is 25.0 Å². The fraction of sp³-hybridized carbons (Fsp3) is 0.533. The first kappa shape index (κ1) is 15.3. The SMILES string of the molecule is COC(=O)CN(Cc1c(F)cccc1Cl)C1CCCC1. The van der Waals surface area contributed by atoms with Gasteiger partial charge in [-0.2, -0.15) is 0 Å². The van der Waals surface area contributed by atoms with Gasteiger partial charge in [0.05, 0.1) is 13.7 Å². The second kappa shape index (κ2) is 7.04. The zero-order chi connectivity index (χ0) is 14.5. The number of esters is 1. The second-order valence-electron chi connectivity index (χ2n) is 5.12. The molecule has 1 saturated carbocycles. The Morgan fingerprint density at radius 3 is 2.75 bits per heavy atom. The van der Waals surface area contributed by atoms with Crippen LogP contribution in [0.1, 0.15) is 31.2 Å². The van der Waals surface area contributed by atoms with Gasteiger partial charge in [0.1, 0.15) is 5.82 Å². The van der Waals surface area contributed by atoms with Gasteiger partial charge in [0.2, 0.25) is 0 Å². The van der Waals surface area contributed by atoms with Crippen LogP contribution < -0.4 is 0 Å². The zero-order valence-corrected chi connectivity index (χ0v) is 12.3. The quantitative estimate of drug-likeness (QED) is 0.781. The van der Waals surface area contributed by atoms with Crippen LogP contribution >= 0.6 is 11.6 Å². The van der Waals surface area contributed by atoms with E-state index in [2.05, 4.69) is 0 Å². The number of hydrogen-bond donors (Lipinski definition) is 0. The summed E-state index contributed by atoms with van der Waals surface area (Å²) in [5, 5.41) is 0.401. The summed E-state index contributed by atoms with van der Waals surface area (Å²) < 4.78 is 18.6. The van der Waals surface area contributed by atoms with E-state index in [4.69, 9.17) is 16.3 Å². The molecule has 5 heteroatoms. The van der Waals surface area contributed by atoms with Gasteiger partial charge in [0.15, 0.2) is 0 Å². The van der Waals surface area contributed by atoms with E-state index in [1.165, 1.54) is 13.2 Å². The molecule has 110 valence electrons. The minimum Gasteiger partial charge on any atom is -0.468 e. The van der Waals surface area contributed by atoms with Crippen molar-refractivity contribution in [3.8, 4) is 0 Å². The summed E-state index contributed by atoms with van der Waals surface area (Å²) in [6.45, 7) is 0.511. The molecule has 1 aromatic rings. The van der Waals surface area contributed by atoms with Crippen LogP contribution in [0.25, 0.3) is 0 Å². The lowest BCUT2D eigenvalue weighted by Gasteiger charge is -2.28. The summed E-state index contributed by atoms with van der Waals surface area (Å²) in [7, 11) is 1.37. The van der Waals surface area contributed by atoms with Crippen LogP contribution in [-0.2, 0) is 16.1 Å². The molecule has 1 aliphatic carbocycles. The number of carbonyl (C=O) groups excluding carboxylic acids is 1. The van der Waals surface area contributed by atoms with Crippen LogP contribution in [0.15, 0.2) is 18.2 Å². The molecule has 0 N–H and O–H groups in total. The lowest BCUT2D eigenvalue weighted by Crippen LogP contribution is -2.37. The van der Waals surface area contributed by atoms with Crippen LogP contribution in [0.4, 0.5) is 4.39 Å². The van der Waals surface area contributed by atoms with Crippen molar-refractivity contribution >= 4 is 17.6 Å². The maximum absolute atomic E-state index is 13.9. The largest absolute Gasteiger partial charge is 0.468 e. The third-order valence-corrected chi connectivity index (χ3v) is 4.18. The van der Waals surface area contributed by atoms with Crippen molar-refractivity contribution in [2.75, 3.05) is 13.7 Å². The summed E-state index contributed by atoms with van der Waals surface area (Å²) in [5.74, 6) is -0.630. The Labute approximate surface area is 123 Å². The lowest BCUT2D eigenvalue weighted by atomic mass is 10.1. The fourth-order valence-corrected chi connectivity index (χ4v) is 2.92. The summed E-state index contributed by atoms with van der Waals surface area (Å²) in [4.78, 5) is 13.5. The molecule has 0 amide bonds.